The van der Waals surface area contributed by atoms with Crippen molar-refractivity contribution >= 4 is 28.2 Å². The Labute approximate surface area is 33.3 Å². The number of rotatable bonds is 1. The standard InChI is InChI=1S/BClH2OP/c2-3-1-4/h4H2. The van der Waals surface area contributed by atoms with E-state index in [1.165, 1.54) is 7.20 Å². The van der Waals surface area contributed by atoms with Crippen LogP contribution >= 0.6 is 21.0 Å². The lowest BCUT2D eigenvalue weighted by Gasteiger charge is -1.66. The maximum absolute atomic E-state index is 4.61. The van der Waals surface area contributed by atoms with Crippen LogP contribution in [0.1, 0.15) is 0 Å². The Hall–Kier alpha value is 0.745. The van der Waals surface area contributed by atoms with Crippen LogP contribution in [0.4, 0.5) is 0 Å². The summed E-state index contributed by atoms with van der Waals surface area (Å²) in [5, 5.41) is 0. The molecule has 1 nitrogen and oxygen atoms in total. The summed E-state index contributed by atoms with van der Waals surface area (Å²) in [6, 6.07) is 0. The molecule has 0 saturated heterocycles. The maximum Gasteiger partial charge on any atom is 0.348 e. The first-order chi connectivity index (χ1) is 1.91. The Morgan fingerprint density at radius 3 is 2.25 bits per heavy atom. The molecule has 23 valence electrons. The number of hydrogen-bond donors (Lipinski definition) is 0. The van der Waals surface area contributed by atoms with Crippen molar-refractivity contribution in [2.75, 3.05) is 0 Å². The summed E-state index contributed by atoms with van der Waals surface area (Å²) < 4.78 is 3.85. The lowest BCUT2D eigenvalue weighted by molar-refractivity contribution is 0.688. The zero-order chi connectivity index (χ0) is 3.41. The molecule has 0 aromatic rings. The quantitative estimate of drug-likeness (QED) is 0.342. The van der Waals surface area contributed by atoms with Gasteiger partial charge in [0.15, 0.2) is 0 Å². The molecule has 1 radical (unpaired) electrons. The average Bonchev–Trinajstić information content (AvgIpc) is 1.37. The molecule has 0 aromatic heterocycles. The normalized spacial score (nSPS) is 6.50. The van der Waals surface area contributed by atoms with E-state index in [-0.39, 0.29) is 0 Å². The summed E-state index contributed by atoms with van der Waals surface area (Å²) >= 11 is 4.61. The molecule has 4 heteroatoms. The van der Waals surface area contributed by atoms with Crippen LogP contribution < -0.4 is 0 Å². The van der Waals surface area contributed by atoms with Gasteiger partial charge in [0.1, 0.15) is 0 Å². The van der Waals surface area contributed by atoms with Gasteiger partial charge < -0.3 is 4.21 Å². The van der Waals surface area contributed by atoms with Gasteiger partial charge in [-0.25, -0.2) is 0 Å². The van der Waals surface area contributed by atoms with Gasteiger partial charge >= 0.3 is 7.20 Å². The minimum absolute atomic E-state index is 1.31. The van der Waals surface area contributed by atoms with Crippen LogP contribution in [0.15, 0.2) is 0 Å². The van der Waals surface area contributed by atoms with Crippen molar-refractivity contribution in [1.29, 1.82) is 0 Å². The molecule has 1 atom stereocenters. The van der Waals surface area contributed by atoms with E-state index in [1.54, 1.807) is 0 Å². The summed E-state index contributed by atoms with van der Waals surface area (Å²) in [7, 11) is 3.48. The fourth-order valence-electron chi connectivity index (χ4n) is 0. The van der Waals surface area contributed by atoms with Crippen LogP contribution in [-0.4, -0.2) is 7.20 Å². The van der Waals surface area contributed by atoms with E-state index in [1.807, 2.05) is 0 Å². The molecule has 0 rings (SSSR count). The molecule has 0 bridgehead atoms. The smallest absolute Gasteiger partial charge is 0.343 e. The third-order valence-corrected chi connectivity index (χ3v) is 0.463. The summed E-state index contributed by atoms with van der Waals surface area (Å²) in [5.74, 6) is 0. The zero-order valence-electron chi connectivity index (χ0n) is 1.94. The van der Waals surface area contributed by atoms with Crippen LogP contribution in [0.2, 0.25) is 0 Å². The Morgan fingerprint density at radius 1 is 2.00 bits per heavy atom. The highest BCUT2D eigenvalue weighted by molar-refractivity contribution is 7.54. The molecule has 0 N–H and O–H groups in total. The molecule has 4 heavy (non-hydrogen) atoms. The predicted molar refractivity (Wildman–Crippen MR) is 22.4 cm³/mol. The first kappa shape index (κ1) is 4.74. The molecule has 1 unspecified atom stereocenters. The van der Waals surface area contributed by atoms with Crippen molar-refractivity contribution in [3.8, 4) is 0 Å². The van der Waals surface area contributed by atoms with Gasteiger partial charge in [-0.05, 0) is 0 Å². The molecule has 0 aliphatic carbocycles. The highest BCUT2D eigenvalue weighted by Crippen LogP contribution is 1.78. The molecule has 0 fully saturated rings. The first-order valence-electron chi connectivity index (χ1n) is 0.723. The summed E-state index contributed by atoms with van der Waals surface area (Å²) in [6.45, 7) is 0. The molecule has 0 aromatic carbocycles. The zero-order valence-corrected chi connectivity index (χ0v) is 3.85. The van der Waals surface area contributed by atoms with E-state index in [2.05, 4.69) is 25.2 Å². The summed E-state index contributed by atoms with van der Waals surface area (Å²) in [6.07, 6.45) is 0. The van der Waals surface area contributed by atoms with E-state index in [0.29, 0.717) is 0 Å². The molecule has 0 saturated carbocycles. The van der Waals surface area contributed by atoms with Crippen LogP contribution in [0.25, 0.3) is 0 Å². The molecule has 0 aliphatic heterocycles. The molecule has 0 spiro atoms. The van der Waals surface area contributed by atoms with Crippen molar-refractivity contribution in [1.82, 2.24) is 0 Å². The Bertz CT molecular complexity index is 10.0. The third-order valence-electron chi connectivity index (χ3n) is 0.0514. The topological polar surface area (TPSA) is 9.23 Å². The van der Waals surface area contributed by atoms with Gasteiger partial charge in [0.2, 0.25) is 0 Å². The van der Waals surface area contributed by atoms with Crippen molar-refractivity contribution in [2.24, 2.45) is 0 Å². The maximum atomic E-state index is 4.61. The molecular formula is H2BClOP. The monoisotopic (exact) mass is 95.0 g/mol. The second-order valence-electron chi connectivity index (χ2n) is 0.225. The van der Waals surface area contributed by atoms with E-state index in [0.717, 1.165) is 0 Å². The highest BCUT2D eigenvalue weighted by atomic mass is 35.5. The van der Waals surface area contributed by atoms with Crippen molar-refractivity contribution in [2.45, 2.75) is 0 Å². The van der Waals surface area contributed by atoms with E-state index in [4.69, 9.17) is 0 Å². The highest BCUT2D eigenvalue weighted by Gasteiger charge is 1.64. The molecule has 0 heterocycles. The number of halogens is 1. The number of hydrogen-bond acceptors (Lipinski definition) is 1. The lowest BCUT2D eigenvalue weighted by Crippen LogP contribution is -1.65. The average molecular weight is 95.3 g/mol. The fraction of sp³-hybridized carbons (Fsp3) is 0. The molecule has 0 aliphatic rings. The fourth-order valence-corrected chi connectivity index (χ4v) is 0. The van der Waals surface area contributed by atoms with Gasteiger partial charge in [0.05, 0.1) is 0 Å². The van der Waals surface area contributed by atoms with Gasteiger partial charge in [-0.3, -0.25) is 0 Å². The minimum atomic E-state index is 1.31. The second kappa shape index (κ2) is 3.74. The van der Waals surface area contributed by atoms with E-state index >= 15 is 0 Å². The van der Waals surface area contributed by atoms with Gasteiger partial charge in [-0.1, -0.05) is 0 Å². The largest absolute Gasteiger partial charge is 0.348 e. The minimum Gasteiger partial charge on any atom is -0.343 e. The first-order valence-corrected chi connectivity index (χ1v) is 1.70. The van der Waals surface area contributed by atoms with Crippen LogP contribution in [0.5, 0.6) is 0 Å². The van der Waals surface area contributed by atoms with E-state index < -0.39 is 0 Å². The lowest BCUT2D eigenvalue weighted by atomic mass is 10.6. The van der Waals surface area contributed by atoms with Crippen molar-refractivity contribution < 1.29 is 4.21 Å². The third kappa shape index (κ3) is 2.74. The van der Waals surface area contributed by atoms with E-state index in [9.17, 15) is 0 Å². The van der Waals surface area contributed by atoms with Gasteiger partial charge in [0.25, 0.3) is 0 Å². The molecular weight excluding hydrogens is 93.2 g/mol. The van der Waals surface area contributed by atoms with Gasteiger partial charge in [-0.15, -0.1) is 9.12 Å². The van der Waals surface area contributed by atoms with Gasteiger partial charge in [-0.2, -0.15) is 0 Å². The molecule has 0 amide bonds. The Morgan fingerprint density at radius 2 is 2.25 bits per heavy atom. The van der Waals surface area contributed by atoms with Crippen LogP contribution in [0.3, 0.4) is 0 Å². The second-order valence-corrected chi connectivity index (χ2v) is 0.676. The van der Waals surface area contributed by atoms with Crippen molar-refractivity contribution in [3.05, 3.63) is 0 Å². The SMILES string of the molecule is P[B]OCl. The van der Waals surface area contributed by atoms with Gasteiger partial charge in [0, 0.05) is 11.9 Å². The van der Waals surface area contributed by atoms with Crippen LogP contribution in [-0.2, 0) is 4.21 Å². The Kier molecular flexibility index (Phi) is 4.44. The Balaban J connectivity index is 1.97. The predicted octanol–water partition coefficient (Wildman–Crippen LogP) is 0.566. The summed E-state index contributed by atoms with van der Waals surface area (Å²) in [4.78, 5) is 0. The van der Waals surface area contributed by atoms with Crippen LogP contribution in [0, 0.1) is 0 Å². The van der Waals surface area contributed by atoms with Crippen molar-refractivity contribution in [3.63, 3.8) is 0 Å². The summed E-state index contributed by atoms with van der Waals surface area (Å²) in [5.41, 5.74) is 0.